The number of ether oxygens (including phenoxy) is 1. The Morgan fingerprint density at radius 2 is 1.84 bits per heavy atom. The normalized spacial score (nSPS) is 14.6. The minimum absolute atomic E-state index is 0.239. The Morgan fingerprint density at radius 1 is 1.10 bits per heavy atom. The monoisotopic (exact) mass is 431 g/mol. The summed E-state index contributed by atoms with van der Waals surface area (Å²) in [4.78, 5) is 26.1. The van der Waals surface area contributed by atoms with Gasteiger partial charge in [0.25, 0.3) is 5.91 Å². The zero-order chi connectivity index (χ0) is 21.8. The summed E-state index contributed by atoms with van der Waals surface area (Å²) in [5, 5.41) is 3.52. The van der Waals surface area contributed by atoms with Crippen LogP contribution in [0.1, 0.15) is 21.7 Å². The molecule has 1 aromatic carbocycles. The molecule has 1 N–H and O–H groups in total. The second-order valence-electron chi connectivity index (χ2n) is 7.06. The first-order chi connectivity index (χ1) is 14.9. The molecular weight excluding hydrogens is 411 g/mol. The molecule has 0 bridgehead atoms. The number of aromatic nitrogens is 3. The summed E-state index contributed by atoms with van der Waals surface area (Å²) in [7, 11) is 0. The van der Waals surface area contributed by atoms with Gasteiger partial charge < -0.3 is 15.0 Å². The number of morpholine rings is 1. The number of hydrogen-bond donors (Lipinski definition) is 1. The van der Waals surface area contributed by atoms with E-state index in [2.05, 4.69) is 25.2 Å². The number of rotatable bonds is 5. The van der Waals surface area contributed by atoms with Crippen LogP contribution in [0.4, 0.5) is 19.0 Å². The molecule has 31 heavy (non-hydrogen) atoms. The largest absolute Gasteiger partial charge is 0.451 e. The molecular formula is C21H20F3N5O2. The van der Waals surface area contributed by atoms with Crippen molar-refractivity contribution in [1.29, 1.82) is 0 Å². The summed E-state index contributed by atoms with van der Waals surface area (Å²) in [6, 6.07) is 9.12. The van der Waals surface area contributed by atoms with Gasteiger partial charge in [0, 0.05) is 43.0 Å². The van der Waals surface area contributed by atoms with Crippen molar-refractivity contribution < 1.29 is 22.7 Å². The number of nitrogens with one attached hydrogen (secondary N) is 1. The molecule has 0 atom stereocenters. The molecule has 162 valence electrons. The van der Waals surface area contributed by atoms with Gasteiger partial charge in [-0.2, -0.15) is 13.2 Å². The van der Waals surface area contributed by atoms with Crippen molar-refractivity contribution in [3.05, 3.63) is 59.7 Å². The van der Waals surface area contributed by atoms with Crippen LogP contribution >= 0.6 is 0 Å². The molecule has 1 fully saturated rings. The lowest BCUT2D eigenvalue weighted by Gasteiger charge is -2.28. The number of halogens is 3. The second kappa shape index (κ2) is 8.84. The maximum atomic E-state index is 12.7. The minimum Gasteiger partial charge on any atom is -0.378 e. The van der Waals surface area contributed by atoms with E-state index in [-0.39, 0.29) is 12.5 Å². The highest BCUT2D eigenvalue weighted by molar-refractivity contribution is 6.06. The van der Waals surface area contributed by atoms with Crippen molar-refractivity contribution in [1.82, 2.24) is 20.3 Å². The average Bonchev–Trinajstić information content (AvgIpc) is 2.78. The SMILES string of the molecule is O=C(NCCc1cnc(C(F)(F)F)nc1)c1cccc2nc(N3CCOCC3)ccc12. The van der Waals surface area contributed by atoms with Crippen molar-refractivity contribution in [2.45, 2.75) is 12.6 Å². The third kappa shape index (κ3) is 4.91. The van der Waals surface area contributed by atoms with E-state index in [1.165, 1.54) is 0 Å². The summed E-state index contributed by atoms with van der Waals surface area (Å²) in [6.45, 7) is 3.10. The first-order valence-corrected chi connectivity index (χ1v) is 9.80. The molecule has 3 aromatic rings. The van der Waals surface area contributed by atoms with E-state index in [1.54, 1.807) is 12.1 Å². The fourth-order valence-corrected chi connectivity index (χ4v) is 3.36. The van der Waals surface area contributed by atoms with E-state index >= 15 is 0 Å². The van der Waals surface area contributed by atoms with Crippen molar-refractivity contribution in [2.24, 2.45) is 0 Å². The highest BCUT2D eigenvalue weighted by Gasteiger charge is 2.34. The average molecular weight is 431 g/mol. The molecule has 2 aromatic heterocycles. The fourth-order valence-electron chi connectivity index (χ4n) is 3.36. The molecule has 1 amide bonds. The number of benzene rings is 1. The number of hydrogen-bond acceptors (Lipinski definition) is 6. The summed E-state index contributed by atoms with van der Waals surface area (Å²) in [6.07, 6.45) is -2.02. The Balaban J connectivity index is 1.41. The molecule has 4 rings (SSSR count). The minimum atomic E-state index is -4.57. The standard InChI is InChI=1S/C21H20F3N5O2/c22-21(23,24)20-26-12-14(13-27-20)6-7-25-19(30)16-2-1-3-17-15(16)4-5-18(28-17)29-8-10-31-11-9-29/h1-5,12-13H,6-11H2,(H,25,30). The van der Waals surface area contributed by atoms with Crippen LogP contribution in [0.25, 0.3) is 10.9 Å². The van der Waals surface area contributed by atoms with Crippen LogP contribution in [0.3, 0.4) is 0 Å². The molecule has 0 radical (unpaired) electrons. The van der Waals surface area contributed by atoms with Crippen LogP contribution in [0.2, 0.25) is 0 Å². The lowest BCUT2D eigenvalue weighted by atomic mass is 10.1. The third-order valence-electron chi connectivity index (χ3n) is 4.95. The molecule has 10 heteroatoms. The van der Waals surface area contributed by atoms with Gasteiger partial charge in [0.2, 0.25) is 5.82 Å². The second-order valence-corrected chi connectivity index (χ2v) is 7.06. The van der Waals surface area contributed by atoms with E-state index in [9.17, 15) is 18.0 Å². The number of carbonyl (C=O) groups excluding carboxylic acids is 1. The number of amides is 1. The first kappa shape index (κ1) is 21.0. The summed E-state index contributed by atoms with van der Waals surface area (Å²) < 4.78 is 43.0. The smallest absolute Gasteiger partial charge is 0.378 e. The Morgan fingerprint density at radius 3 is 2.55 bits per heavy atom. The zero-order valence-electron chi connectivity index (χ0n) is 16.5. The molecule has 1 aliphatic rings. The van der Waals surface area contributed by atoms with Crippen molar-refractivity contribution in [2.75, 3.05) is 37.7 Å². The van der Waals surface area contributed by atoms with Crippen molar-refractivity contribution in [3.63, 3.8) is 0 Å². The van der Waals surface area contributed by atoms with Gasteiger partial charge in [-0.25, -0.2) is 15.0 Å². The molecule has 0 saturated carbocycles. The van der Waals surface area contributed by atoms with Gasteiger partial charge in [0.1, 0.15) is 5.82 Å². The Labute approximate surface area is 176 Å². The number of pyridine rings is 1. The van der Waals surface area contributed by atoms with E-state index in [1.807, 2.05) is 18.2 Å². The topological polar surface area (TPSA) is 80.2 Å². The molecule has 0 unspecified atom stereocenters. The van der Waals surface area contributed by atoms with Gasteiger partial charge in [-0.3, -0.25) is 4.79 Å². The van der Waals surface area contributed by atoms with E-state index in [0.29, 0.717) is 36.3 Å². The van der Waals surface area contributed by atoms with Crippen LogP contribution in [0.5, 0.6) is 0 Å². The van der Waals surface area contributed by atoms with Crippen LogP contribution in [0.15, 0.2) is 42.7 Å². The maximum Gasteiger partial charge on any atom is 0.451 e. The Kier molecular flexibility index (Phi) is 5.99. The quantitative estimate of drug-likeness (QED) is 0.669. The first-order valence-electron chi connectivity index (χ1n) is 9.80. The Hall–Kier alpha value is -3.27. The highest BCUT2D eigenvalue weighted by atomic mass is 19.4. The molecule has 0 spiro atoms. The van der Waals surface area contributed by atoms with Gasteiger partial charge in [-0.15, -0.1) is 0 Å². The van der Waals surface area contributed by atoms with Gasteiger partial charge in [0.05, 0.1) is 18.7 Å². The van der Waals surface area contributed by atoms with Crippen LogP contribution in [0, 0.1) is 0 Å². The summed E-state index contributed by atoms with van der Waals surface area (Å²) in [5.74, 6) is -0.616. The van der Waals surface area contributed by atoms with Gasteiger partial charge in [0.15, 0.2) is 0 Å². The number of alkyl halides is 3. The van der Waals surface area contributed by atoms with E-state index < -0.39 is 12.0 Å². The molecule has 1 saturated heterocycles. The van der Waals surface area contributed by atoms with Crippen LogP contribution in [-0.2, 0) is 17.3 Å². The maximum absolute atomic E-state index is 12.7. The molecule has 1 aliphatic heterocycles. The van der Waals surface area contributed by atoms with E-state index in [0.717, 1.165) is 36.7 Å². The number of fused-ring (bicyclic) bond motifs is 1. The van der Waals surface area contributed by atoms with Crippen molar-refractivity contribution in [3.8, 4) is 0 Å². The van der Waals surface area contributed by atoms with Gasteiger partial charge in [-0.1, -0.05) is 6.07 Å². The number of nitrogens with zero attached hydrogens (tertiary/aromatic N) is 4. The summed E-state index contributed by atoms with van der Waals surface area (Å²) >= 11 is 0. The fraction of sp³-hybridized carbons (Fsp3) is 0.333. The lowest BCUT2D eigenvalue weighted by molar-refractivity contribution is -0.145. The van der Waals surface area contributed by atoms with Crippen LogP contribution < -0.4 is 10.2 Å². The predicted octanol–water partition coefficient (Wildman–Crippen LogP) is 2.85. The molecule has 0 aliphatic carbocycles. The third-order valence-corrected chi connectivity index (χ3v) is 4.95. The van der Waals surface area contributed by atoms with Crippen molar-refractivity contribution >= 4 is 22.6 Å². The molecule has 7 nitrogen and oxygen atoms in total. The summed E-state index contributed by atoms with van der Waals surface area (Å²) in [5.41, 5.74) is 1.71. The van der Waals surface area contributed by atoms with Crippen LogP contribution in [-0.4, -0.2) is 53.7 Å². The Bertz CT molecular complexity index is 1070. The van der Waals surface area contributed by atoms with E-state index in [4.69, 9.17) is 4.74 Å². The number of carbonyl (C=O) groups is 1. The molecule has 3 heterocycles. The van der Waals surface area contributed by atoms with Gasteiger partial charge >= 0.3 is 6.18 Å². The predicted molar refractivity (Wildman–Crippen MR) is 108 cm³/mol. The number of anilines is 1. The lowest BCUT2D eigenvalue weighted by Crippen LogP contribution is -2.36. The zero-order valence-corrected chi connectivity index (χ0v) is 16.5. The van der Waals surface area contributed by atoms with Gasteiger partial charge in [-0.05, 0) is 36.2 Å². The highest BCUT2D eigenvalue weighted by Crippen LogP contribution is 2.25.